The zero-order valence-corrected chi connectivity index (χ0v) is 15.9. The number of hydrogen-bond donors (Lipinski definition) is 2. The van der Waals surface area contributed by atoms with Gasteiger partial charge in [-0.25, -0.2) is 9.07 Å². The Balaban J connectivity index is 1.39. The highest BCUT2D eigenvalue weighted by Gasteiger charge is 2.11. The molecule has 0 atom stereocenters. The van der Waals surface area contributed by atoms with Crippen molar-refractivity contribution in [3.8, 4) is 21.8 Å². The number of hydrogen-bond acceptors (Lipinski definition) is 5. The summed E-state index contributed by atoms with van der Waals surface area (Å²) in [4.78, 5) is 25.3. The minimum Gasteiger partial charge on any atom is -0.349 e. The van der Waals surface area contributed by atoms with Crippen molar-refractivity contribution in [2.24, 2.45) is 0 Å². The first-order valence-corrected chi connectivity index (χ1v) is 9.70. The second-order valence-electron chi connectivity index (χ2n) is 6.19. The predicted molar refractivity (Wildman–Crippen MR) is 108 cm³/mol. The number of nitrogens with one attached hydrogen (secondary N) is 2. The summed E-state index contributed by atoms with van der Waals surface area (Å²) in [5.74, 6) is -0.692. The standard InChI is InChI=1S/C20H16FN5O2S/c21-14-5-3-13(4-6-14)16-12-17(24-23-16)20(28)22-9-10-26-19(27)8-7-15(25-26)18-2-1-11-29-18/h1-8,11-12H,9-10H2,(H,22,28)(H,23,24). The van der Waals surface area contributed by atoms with E-state index >= 15 is 0 Å². The average molecular weight is 409 g/mol. The summed E-state index contributed by atoms with van der Waals surface area (Å²) < 4.78 is 14.4. The van der Waals surface area contributed by atoms with Gasteiger partial charge in [-0.05, 0) is 47.8 Å². The number of carbonyl (C=O) groups is 1. The number of nitrogens with zero attached hydrogens (tertiary/aromatic N) is 3. The molecule has 0 unspecified atom stereocenters. The molecule has 0 aliphatic heterocycles. The van der Waals surface area contributed by atoms with Gasteiger partial charge in [-0.15, -0.1) is 11.3 Å². The molecule has 29 heavy (non-hydrogen) atoms. The summed E-state index contributed by atoms with van der Waals surface area (Å²) in [5.41, 5.74) is 1.99. The molecule has 3 heterocycles. The maximum absolute atomic E-state index is 13.0. The van der Waals surface area contributed by atoms with Gasteiger partial charge in [0.1, 0.15) is 17.2 Å². The second kappa shape index (κ2) is 8.19. The molecule has 0 saturated heterocycles. The molecule has 1 aromatic carbocycles. The summed E-state index contributed by atoms with van der Waals surface area (Å²) in [6.07, 6.45) is 0. The first kappa shape index (κ1) is 18.8. The fourth-order valence-corrected chi connectivity index (χ4v) is 3.43. The number of halogens is 1. The van der Waals surface area contributed by atoms with Crippen LogP contribution in [0, 0.1) is 5.82 Å². The van der Waals surface area contributed by atoms with Crippen molar-refractivity contribution in [1.29, 1.82) is 0 Å². The van der Waals surface area contributed by atoms with Crippen LogP contribution in [0.15, 0.2) is 64.8 Å². The summed E-state index contributed by atoms with van der Waals surface area (Å²) >= 11 is 1.54. The Morgan fingerprint density at radius 2 is 1.97 bits per heavy atom. The maximum atomic E-state index is 13.0. The van der Waals surface area contributed by atoms with E-state index in [2.05, 4.69) is 20.6 Å². The normalized spacial score (nSPS) is 10.8. The molecule has 2 N–H and O–H groups in total. The number of benzene rings is 1. The molecular weight excluding hydrogens is 393 g/mol. The molecule has 4 aromatic rings. The Hall–Kier alpha value is -3.59. The lowest BCUT2D eigenvalue weighted by atomic mass is 10.1. The third-order valence-electron chi connectivity index (χ3n) is 4.21. The number of aromatic amines is 1. The third kappa shape index (κ3) is 4.30. The molecule has 0 bridgehead atoms. The average Bonchev–Trinajstić information content (AvgIpc) is 3.42. The van der Waals surface area contributed by atoms with Gasteiger partial charge in [0, 0.05) is 18.2 Å². The quantitative estimate of drug-likeness (QED) is 0.512. The van der Waals surface area contributed by atoms with Crippen LogP contribution in [0.3, 0.4) is 0 Å². The largest absolute Gasteiger partial charge is 0.349 e. The summed E-state index contributed by atoms with van der Waals surface area (Å²) in [5, 5.41) is 15.8. The van der Waals surface area contributed by atoms with Gasteiger partial charge in [-0.2, -0.15) is 10.2 Å². The maximum Gasteiger partial charge on any atom is 0.269 e. The van der Waals surface area contributed by atoms with Gasteiger partial charge in [0.2, 0.25) is 0 Å². The molecule has 4 rings (SSSR count). The fourth-order valence-electron chi connectivity index (χ4n) is 2.74. The minimum atomic E-state index is -0.353. The lowest BCUT2D eigenvalue weighted by molar-refractivity contribution is 0.0946. The molecular formula is C20H16FN5O2S. The molecule has 0 radical (unpaired) electrons. The lowest BCUT2D eigenvalue weighted by Crippen LogP contribution is -2.32. The van der Waals surface area contributed by atoms with Crippen LogP contribution in [0.25, 0.3) is 21.8 Å². The first-order valence-electron chi connectivity index (χ1n) is 8.82. The lowest BCUT2D eigenvalue weighted by Gasteiger charge is -2.07. The van der Waals surface area contributed by atoms with Gasteiger partial charge >= 0.3 is 0 Å². The number of H-pyrrole nitrogens is 1. The highest BCUT2D eigenvalue weighted by atomic mass is 32.1. The molecule has 146 valence electrons. The molecule has 9 heteroatoms. The zero-order chi connectivity index (χ0) is 20.2. The predicted octanol–water partition coefficient (Wildman–Crippen LogP) is 2.93. The van der Waals surface area contributed by atoms with E-state index in [-0.39, 0.29) is 36.1 Å². The van der Waals surface area contributed by atoms with E-state index in [1.807, 2.05) is 17.5 Å². The van der Waals surface area contributed by atoms with Crippen LogP contribution in [0.2, 0.25) is 0 Å². The Morgan fingerprint density at radius 1 is 1.14 bits per heavy atom. The van der Waals surface area contributed by atoms with Crippen LogP contribution in [-0.2, 0) is 6.54 Å². The van der Waals surface area contributed by atoms with Gasteiger partial charge in [-0.3, -0.25) is 14.7 Å². The number of rotatable bonds is 6. The first-order chi connectivity index (χ1) is 14.1. The van der Waals surface area contributed by atoms with Gasteiger partial charge in [0.25, 0.3) is 11.5 Å². The summed E-state index contributed by atoms with van der Waals surface area (Å²) in [6, 6.07) is 14.4. The Bertz CT molecular complexity index is 1180. The molecule has 0 aliphatic carbocycles. The molecule has 7 nitrogen and oxygen atoms in total. The zero-order valence-electron chi connectivity index (χ0n) is 15.1. The second-order valence-corrected chi connectivity index (χ2v) is 7.13. The number of thiophene rings is 1. The van der Waals surface area contributed by atoms with Crippen LogP contribution >= 0.6 is 11.3 Å². The van der Waals surface area contributed by atoms with Crippen LogP contribution in [-0.4, -0.2) is 32.4 Å². The number of amides is 1. The van der Waals surface area contributed by atoms with Gasteiger partial charge in [0.15, 0.2) is 0 Å². The van der Waals surface area contributed by atoms with E-state index in [0.717, 1.165) is 4.88 Å². The van der Waals surface area contributed by atoms with E-state index in [0.29, 0.717) is 17.0 Å². The van der Waals surface area contributed by atoms with Crippen LogP contribution in [0.5, 0.6) is 0 Å². The molecule has 0 spiro atoms. The van der Waals surface area contributed by atoms with Crippen LogP contribution in [0.4, 0.5) is 4.39 Å². The van der Waals surface area contributed by atoms with Crippen molar-refractivity contribution in [1.82, 2.24) is 25.3 Å². The molecule has 0 aliphatic rings. The SMILES string of the molecule is O=C(NCCn1nc(-c2cccs2)ccc1=O)c1cc(-c2ccc(F)cc2)n[nH]1. The van der Waals surface area contributed by atoms with E-state index in [9.17, 15) is 14.0 Å². The molecule has 3 aromatic heterocycles. The summed E-state index contributed by atoms with van der Waals surface area (Å²) in [7, 11) is 0. The number of aromatic nitrogens is 4. The summed E-state index contributed by atoms with van der Waals surface area (Å²) in [6.45, 7) is 0.466. The van der Waals surface area contributed by atoms with Crippen LogP contribution in [0.1, 0.15) is 10.5 Å². The minimum absolute atomic E-state index is 0.227. The van der Waals surface area contributed by atoms with Crippen molar-refractivity contribution in [3.05, 3.63) is 81.8 Å². The van der Waals surface area contributed by atoms with Gasteiger partial charge < -0.3 is 5.32 Å². The fraction of sp³-hybridized carbons (Fsp3) is 0.100. The Morgan fingerprint density at radius 3 is 2.72 bits per heavy atom. The molecule has 0 fully saturated rings. The van der Waals surface area contributed by atoms with E-state index in [1.165, 1.54) is 34.2 Å². The van der Waals surface area contributed by atoms with Gasteiger partial charge in [0.05, 0.1) is 17.1 Å². The van der Waals surface area contributed by atoms with Gasteiger partial charge in [-0.1, -0.05) is 6.07 Å². The van der Waals surface area contributed by atoms with E-state index in [4.69, 9.17) is 0 Å². The third-order valence-corrected chi connectivity index (χ3v) is 5.10. The topological polar surface area (TPSA) is 92.7 Å². The van der Waals surface area contributed by atoms with Crippen LogP contribution < -0.4 is 10.9 Å². The molecule has 1 amide bonds. The number of carbonyl (C=O) groups excluding carboxylic acids is 1. The Labute approximate surface area is 168 Å². The van der Waals surface area contributed by atoms with Crippen molar-refractivity contribution >= 4 is 17.2 Å². The van der Waals surface area contributed by atoms with Crippen molar-refractivity contribution in [2.45, 2.75) is 6.54 Å². The van der Waals surface area contributed by atoms with E-state index < -0.39 is 0 Å². The van der Waals surface area contributed by atoms with E-state index in [1.54, 1.807) is 24.3 Å². The van der Waals surface area contributed by atoms with Crippen molar-refractivity contribution in [3.63, 3.8) is 0 Å². The van der Waals surface area contributed by atoms with Crippen molar-refractivity contribution < 1.29 is 9.18 Å². The Kier molecular flexibility index (Phi) is 5.30. The molecule has 0 saturated carbocycles. The smallest absolute Gasteiger partial charge is 0.269 e. The van der Waals surface area contributed by atoms with Crippen molar-refractivity contribution in [2.75, 3.05) is 6.54 Å². The monoisotopic (exact) mass is 409 g/mol. The highest BCUT2D eigenvalue weighted by molar-refractivity contribution is 7.13. The highest BCUT2D eigenvalue weighted by Crippen LogP contribution is 2.21.